The summed E-state index contributed by atoms with van der Waals surface area (Å²) in [6.45, 7) is 6.06. The van der Waals surface area contributed by atoms with E-state index < -0.39 is 0 Å². The highest BCUT2D eigenvalue weighted by atomic mass is 35.5. The fourth-order valence-electron chi connectivity index (χ4n) is 3.31. The molecule has 7 heteroatoms. The zero-order chi connectivity index (χ0) is 21.4. The molecule has 2 heterocycles. The number of hydrogen-bond acceptors (Lipinski definition) is 3. The Labute approximate surface area is 189 Å². The van der Waals surface area contributed by atoms with Gasteiger partial charge < -0.3 is 9.88 Å². The number of nitrogens with one attached hydrogen (secondary N) is 1. The van der Waals surface area contributed by atoms with E-state index in [4.69, 9.17) is 23.2 Å². The van der Waals surface area contributed by atoms with Crippen LogP contribution in [0.1, 0.15) is 22.5 Å². The average molecular weight is 456 g/mol. The van der Waals surface area contributed by atoms with Gasteiger partial charge in [-0.1, -0.05) is 40.9 Å². The number of benzene rings is 2. The minimum atomic E-state index is -0.148. The van der Waals surface area contributed by atoms with Gasteiger partial charge in [0.15, 0.2) is 5.17 Å². The largest absolute Gasteiger partial charge is 0.318 e. The molecule has 30 heavy (non-hydrogen) atoms. The molecule has 2 aromatic carbocycles. The first-order valence-corrected chi connectivity index (χ1v) is 10.9. The Bertz CT molecular complexity index is 1210. The highest BCUT2D eigenvalue weighted by Gasteiger charge is 2.24. The number of carbonyl (C=O) groups excluding carboxylic acids is 1. The highest BCUT2D eigenvalue weighted by molar-refractivity contribution is 8.18. The van der Waals surface area contributed by atoms with Crippen LogP contribution in [-0.4, -0.2) is 15.6 Å². The molecule has 1 aliphatic heterocycles. The van der Waals surface area contributed by atoms with Crippen molar-refractivity contribution < 1.29 is 4.79 Å². The van der Waals surface area contributed by atoms with Crippen LogP contribution in [0.4, 0.5) is 5.69 Å². The molecule has 0 atom stereocenters. The lowest BCUT2D eigenvalue weighted by Crippen LogP contribution is -2.19. The van der Waals surface area contributed by atoms with E-state index in [0.29, 0.717) is 20.1 Å². The molecule has 0 radical (unpaired) electrons. The van der Waals surface area contributed by atoms with Crippen LogP contribution in [0.15, 0.2) is 58.4 Å². The van der Waals surface area contributed by atoms with E-state index in [9.17, 15) is 4.79 Å². The number of hydrogen-bond donors (Lipinski definition) is 1. The quantitative estimate of drug-likeness (QED) is 0.452. The van der Waals surface area contributed by atoms with Crippen LogP contribution in [0.25, 0.3) is 11.8 Å². The molecule has 1 aromatic heterocycles. The first-order chi connectivity index (χ1) is 14.3. The summed E-state index contributed by atoms with van der Waals surface area (Å²) in [6, 6.07) is 15.4. The highest BCUT2D eigenvalue weighted by Crippen LogP contribution is 2.32. The minimum absolute atomic E-state index is 0.148. The van der Waals surface area contributed by atoms with Gasteiger partial charge in [-0.15, -0.1) is 0 Å². The van der Waals surface area contributed by atoms with E-state index in [2.05, 4.69) is 14.9 Å². The maximum Gasteiger partial charge on any atom is 0.264 e. The fraction of sp³-hybridized carbons (Fsp3) is 0.130. The predicted molar refractivity (Wildman–Crippen MR) is 127 cm³/mol. The third-order valence-corrected chi connectivity index (χ3v) is 6.48. The molecule has 4 nitrogen and oxygen atoms in total. The molecule has 4 rings (SSSR count). The molecule has 1 N–H and O–H groups in total. The van der Waals surface area contributed by atoms with Crippen molar-refractivity contribution in [3.05, 3.63) is 86.0 Å². The topological polar surface area (TPSA) is 46.4 Å². The average Bonchev–Trinajstić information content (AvgIpc) is 3.18. The summed E-state index contributed by atoms with van der Waals surface area (Å²) in [4.78, 5) is 17.6. The van der Waals surface area contributed by atoms with Gasteiger partial charge in [0.2, 0.25) is 0 Å². The summed E-state index contributed by atoms with van der Waals surface area (Å²) in [5.74, 6) is -0.148. The van der Waals surface area contributed by atoms with Crippen molar-refractivity contribution in [1.29, 1.82) is 0 Å². The monoisotopic (exact) mass is 455 g/mol. The fourth-order valence-corrected chi connectivity index (χ4v) is 4.44. The van der Waals surface area contributed by atoms with Crippen molar-refractivity contribution >= 4 is 57.8 Å². The van der Waals surface area contributed by atoms with Gasteiger partial charge in [0.25, 0.3) is 5.91 Å². The summed E-state index contributed by atoms with van der Waals surface area (Å²) in [6.07, 6.45) is 1.90. The zero-order valence-corrected chi connectivity index (χ0v) is 19.0. The zero-order valence-electron chi connectivity index (χ0n) is 16.7. The van der Waals surface area contributed by atoms with E-state index >= 15 is 0 Å². The molecular formula is C23H19Cl2N3OS. The van der Waals surface area contributed by atoms with Gasteiger partial charge in [-0.2, -0.15) is 0 Å². The van der Waals surface area contributed by atoms with Gasteiger partial charge in [0.05, 0.1) is 20.6 Å². The van der Waals surface area contributed by atoms with Gasteiger partial charge in [-0.05, 0) is 80.6 Å². The second kappa shape index (κ2) is 8.34. The van der Waals surface area contributed by atoms with E-state index in [1.165, 1.54) is 17.3 Å². The Hall–Kier alpha value is -2.47. The van der Waals surface area contributed by atoms with Crippen LogP contribution in [0.5, 0.6) is 0 Å². The van der Waals surface area contributed by atoms with Gasteiger partial charge in [0, 0.05) is 17.1 Å². The van der Waals surface area contributed by atoms with Crippen LogP contribution in [0.3, 0.4) is 0 Å². The van der Waals surface area contributed by atoms with Crippen molar-refractivity contribution in [3.63, 3.8) is 0 Å². The standard InChI is InChI=1S/C23H19Cl2N3OS/c1-13-4-6-17(7-5-13)26-23-27-22(29)21(30-23)11-16-10-14(2)28(15(16)3)18-8-9-19(24)20(25)12-18/h4-12H,1-3H3,(H,26,27,29)/b21-11-. The SMILES string of the molecule is Cc1ccc(N=C2NC(=O)/C(=C/c3cc(C)n(-c4ccc(Cl)c(Cl)c4)c3C)S2)cc1. The number of rotatable bonds is 3. The third kappa shape index (κ3) is 4.19. The molecule has 3 aromatic rings. The van der Waals surface area contributed by atoms with E-state index in [1.54, 1.807) is 6.07 Å². The number of aromatic nitrogens is 1. The lowest BCUT2D eigenvalue weighted by atomic mass is 10.2. The second-order valence-electron chi connectivity index (χ2n) is 7.08. The summed E-state index contributed by atoms with van der Waals surface area (Å²) < 4.78 is 2.09. The molecule has 1 fully saturated rings. The molecule has 1 aliphatic rings. The van der Waals surface area contributed by atoms with Crippen LogP contribution in [0, 0.1) is 20.8 Å². The van der Waals surface area contributed by atoms with Crippen molar-refractivity contribution in [2.75, 3.05) is 0 Å². The van der Waals surface area contributed by atoms with Crippen molar-refractivity contribution in [3.8, 4) is 5.69 Å². The molecule has 1 saturated heterocycles. The lowest BCUT2D eigenvalue weighted by molar-refractivity contribution is -0.115. The number of aliphatic imine (C=N–C) groups is 1. The number of aryl methyl sites for hydroxylation is 2. The van der Waals surface area contributed by atoms with Gasteiger partial charge in [-0.25, -0.2) is 4.99 Å². The number of amidine groups is 1. The number of nitrogens with zero attached hydrogens (tertiary/aromatic N) is 2. The maximum atomic E-state index is 12.5. The first-order valence-electron chi connectivity index (χ1n) is 9.32. The summed E-state index contributed by atoms with van der Waals surface area (Å²) in [7, 11) is 0. The molecule has 0 saturated carbocycles. The Kier molecular flexibility index (Phi) is 5.78. The minimum Gasteiger partial charge on any atom is -0.318 e. The molecule has 0 bridgehead atoms. The Balaban J connectivity index is 1.64. The molecular weight excluding hydrogens is 437 g/mol. The smallest absolute Gasteiger partial charge is 0.264 e. The number of carbonyl (C=O) groups is 1. The number of halogens is 2. The molecule has 0 unspecified atom stereocenters. The number of thioether (sulfide) groups is 1. The molecule has 0 aliphatic carbocycles. The van der Waals surface area contributed by atoms with Crippen molar-refractivity contribution in [1.82, 2.24) is 9.88 Å². The lowest BCUT2D eigenvalue weighted by Gasteiger charge is -2.10. The second-order valence-corrected chi connectivity index (χ2v) is 8.92. The van der Waals surface area contributed by atoms with Gasteiger partial charge >= 0.3 is 0 Å². The molecule has 152 valence electrons. The van der Waals surface area contributed by atoms with E-state index in [-0.39, 0.29) is 5.91 Å². The van der Waals surface area contributed by atoms with Crippen LogP contribution >= 0.6 is 35.0 Å². The maximum absolute atomic E-state index is 12.5. The van der Waals surface area contributed by atoms with Crippen molar-refractivity contribution in [2.24, 2.45) is 4.99 Å². The molecule has 1 amide bonds. The Morgan fingerprint density at radius 1 is 1.00 bits per heavy atom. The van der Waals surface area contributed by atoms with Crippen LogP contribution in [-0.2, 0) is 4.79 Å². The van der Waals surface area contributed by atoms with Crippen LogP contribution in [0.2, 0.25) is 10.0 Å². The van der Waals surface area contributed by atoms with E-state index in [0.717, 1.165) is 28.3 Å². The third-order valence-electron chi connectivity index (χ3n) is 4.83. The summed E-state index contributed by atoms with van der Waals surface area (Å²) >= 11 is 13.6. The summed E-state index contributed by atoms with van der Waals surface area (Å²) in [5, 5.41) is 4.44. The normalized spacial score (nSPS) is 16.5. The predicted octanol–water partition coefficient (Wildman–Crippen LogP) is 6.60. The van der Waals surface area contributed by atoms with Gasteiger partial charge in [-0.3, -0.25) is 4.79 Å². The van der Waals surface area contributed by atoms with Gasteiger partial charge in [0.1, 0.15) is 0 Å². The Morgan fingerprint density at radius 3 is 2.43 bits per heavy atom. The molecule has 0 spiro atoms. The number of amides is 1. The van der Waals surface area contributed by atoms with Crippen LogP contribution < -0.4 is 5.32 Å². The first kappa shape index (κ1) is 20.8. The Morgan fingerprint density at radius 2 is 1.73 bits per heavy atom. The van der Waals surface area contributed by atoms with Crippen molar-refractivity contribution in [2.45, 2.75) is 20.8 Å². The van der Waals surface area contributed by atoms with E-state index in [1.807, 2.05) is 69.3 Å². The summed E-state index contributed by atoms with van der Waals surface area (Å²) in [5.41, 5.74) is 5.91.